The molecule has 0 radical (unpaired) electrons. The smallest absolute Gasteiger partial charge is 0.225 e. The number of hydrogen-bond acceptors (Lipinski definition) is 2. The van der Waals surface area contributed by atoms with Crippen LogP contribution in [0.5, 0.6) is 0 Å². The van der Waals surface area contributed by atoms with Crippen molar-refractivity contribution in [3.63, 3.8) is 0 Å². The monoisotopic (exact) mass is 201 g/mol. The Morgan fingerprint density at radius 2 is 2.08 bits per heavy atom. The average Bonchev–Trinajstić information content (AvgIpc) is 2.03. The second-order valence-corrected chi connectivity index (χ2v) is 4.01. The van der Waals surface area contributed by atoms with Gasteiger partial charge in [0.1, 0.15) is 0 Å². The number of allylic oxidation sites excluding steroid dienone is 4. The Kier molecular flexibility index (Phi) is 4.66. The second-order valence-electron chi connectivity index (χ2n) is 2.48. The van der Waals surface area contributed by atoms with E-state index < -0.39 is 10.0 Å². The van der Waals surface area contributed by atoms with Gasteiger partial charge in [0.2, 0.25) is 10.0 Å². The van der Waals surface area contributed by atoms with Crippen LogP contribution in [0.15, 0.2) is 35.3 Å². The summed E-state index contributed by atoms with van der Waals surface area (Å²) >= 11 is 0. The van der Waals surface area contributed by atoms with E-state index in [0.29, 0.717) is 12.0 Å². The lowest BCUT2D eigenvalue weighted by Gasteiger charge is -2.06. The van der Waals surface area contributed by atoms with E-state index in [-0.39, 0.29) is 4.91 Å². The molecule has 0 heterocycles. The van der Waals surface area contributed by atoms with Gasteiger partial charge < -0.3 is 0 Å². The largest absolute Gasteiger partial charge is 0.238 e. The van der Waals surface area contributed by atoms with Gasteiger partial charge in [-0.2, -0.15) is 0 Å². The maximum Gasteiger partial charge on any atom is 0.238 e. The fourth-order valence-electron chi connectivity index (χ4n) is 1.01. The number of rotatable bonds is 4. The van der Waals surface area contributed by atoms with Crippen LogP contribution in [0.1, 0.15) is 20.3 Å². The summed E-state index contributed by atoms with van der Waals surface area (Å²) in [5, 5.41) is 5.03. The Bertz CT molecular complexity index is 337. The predicted molar refractivity (Wildman–Crippen MR) is 55.4 cm³/mol. The Morgan fingerprint density at radius 1 is 1.54 bits per heavy atom. The molecule has 0 aliphatic heterocycles. The zero-order valence-electron chi connectivity index (χ0n) is 7.95. The molecule has 0 bridgehead atoms. The van der Waals surface area contributed by atoms with Crippen molar-refractivity contribution < 1.29 is 8.42 Å². The van der Waals surface area contributed by atoms with Gasteiger partial charge in [0.05, 0.1) is 4.91 Å². The average molecular weight is 201 g/mol. The first-order chi connectivity index (χ1) is 5.97. The van der Waals surface area contributed by atoms with Crippen LogP contribution >= 0.6 is 0 Å². The van der Waals surface area contributed by atoms with Crippen molar-refractivity contribution >= 4 is 10.0 Å². The molecule has 0 aromatic carbocycles. The summed E-state index contributed by atoms with van der Waals surface area (Å²) < 4.78 is 22.2. The van der Waals surface area contributed by atoms with Crippen LogP contribution in [0, 0.1) is 0 Å². The fourth-order valence-corrected chi connectivity index (χ4v) is 1.93. The molecule has 0 rings (SSSR count). The first kappa shape index (κ1) is 12.1. The summed E-state index contributed by atoms with van der Waals surface area (Å²) in [5.74, 6) is 0. The van der Waals surface area contributed by atoms with Gasteiger partial charge in [-0.15, -0.1) is 0 Å². The molecule has 3 nitrogen and oxygen atoms in total. The van der Waals surface area contributed by atoms with E-state index in [2.05, 4.69) is 6.58 Å². The Morgan fingerprint density at radius 3 is 2.31 bits per heavy atom. The van der Waals surface area contributed by atoms with Gasteiger partial charge in [0, 0.05) is 0 Å². The lowest BCUT2D eigenvalue weighted by molar-refractivity contribution is 0.604. The van der Waals surface area contributed by atoms with E-state index >= 15 is 0 Å². The number of sulfonamides is 1. The van der Waals surface area contributed by atoms with Crippen molar-refractivity contribution in [1.82, 2.24) is 0 Å². The van der Waals surface area contributed by atoms with Gasteiger partial charge in [-0.1, -0.05) is 25.7 Å². The molecule has 0 saturated heterocycles. The summed E-state index contributed by atoms with van der Waals surface area (Å²) in [6.45, 7) is 7.09. The van der Waals surface area contributed by atoms with Gasteiger partial charge in [0.25, 0.3) is 0 Å². The molecule has 0 fully saturated rings. The standard InChI is InChI=1S/C9H15NO2S/c1-4-7-9(13(10,11)12)8(5-2)6-3/h4-5,7H,1,6H2,2-3H3,(H2,10,11,12)/b8-5-,9-7+. The molecule has 2 N–H and O–H groups in total. The third kappa shape index (κ3) is 3.57. The van der Waals surface area contributed by atoms with Crippen molar-refractivity contribution in [2.45, 2.75) is 20.3 Å². The molecule has 0 saturated carbocycles. The molecule has 0 amide bonds. The normalized spacial score (nSPS) is 14.4. The Balaban J connectivity index is 5.31. The molecule has 13 heavy (non-hydrogen) atoms. The summed E-state index contributed by atoms with van der Waals surface area (Å²) in [7, 11) is -3.63. The lowest BCUT2D eigenvalue weighted by atomic mass is 10.2. The minimum absolute atomic E-state index is 0.146. The third-order valence-corrected chi connectivity index (χ3v) is 2.63. The molecular formula is C9H15NO2S. The zero-order chi connectivity index (χ0) is 10.5. The summed E-state index contributed by atoms with van der Waals surface area (Å²) in [5.41, 5.74) is 0.711. The van der Waals surface area contributed by atoms with Crippen LogP contribution in [0.4, 0.5) is 0 Å². The van der Waals surface area contributed by atoms with E-state index in [4.69, 9.17) is 5.14 Å². The van der Waals surface area contributed by atoms with E-state index in [0.717, 1.165) is 0 Å². The van der Waals surface area contributed by atoms with Crippen molar-refractivity contribution in [3.8, 4) is 0 Å². The molecule has 0 aliphatic rings. The van der Waals surface area contributed by atoms with Gasteiger partial charge >= 0.3 is 0 Å². The number of hydrogen-bond donors (Lipinski definition) is 1. The van der Waals surface area contributed by atoms with Crippen LogP contribution in [-0.2, 0) is 10.0 Å². The molecule has 0 aromatic rings. The first-order valence-electron chi connectivity index (χ1n) is 3.98. The molecule has 0 unspecified atom stereocenters. The van der Waals surface area contributed by atoms with Crippen LogP contribution in [-0.4, -0.2) is 8.42 Å². The maximum atomic E-state index is 11.1. The van der Waals surface area contributed by atoms with E-state index in [1.165, 1.54) is 12.2 Å². The molecular weight excluding hydrogens is 186 g/mol. The van der Waals surface area contributed by atoms with Crippen LogP contribution in [0.3, 0.4) is 0 Å². The van der Waals surface area contributed by atoms with E-state index in [1.807, 2.05) is 6.92 Å². The van der Waals surface area contributed by atoms with Crippen molar-refractivity contribution in [1.29, 1.82) is 0 Å². The van der Waals surface area contributed by atoms with Crippen molar-refractivity contribution in [3.05, 3.63) is 35.3 Å². The van der Waals surface area contributed by atoms with Gasteiger partial charge in [-0.25, -0.2) is 13.6 Å². The first-order valence-corrected chi connectivity index (χ1v) is 5.53. The predicted octanol–water partition coefficient (Wildman–Crippen LogP) is 1.70. The van der Waals surface area contributed by atoms with E-state index in [9.17, 15) is 8.42 Å². The van der Waals surface area contributed by atoms with Crippen molar-refractivity contribution in [2.75, 3.05) is 0 Å². The highest BCUT2D eigenvalue weighted by atomic mass is 32.2. The number of nitrogens with two attached hydrogens (primary N) is 1. The molecule has 74 valence electrons. The fraction of sp³-hybridized carbons (Fsp3) is 0.333. The minimum atomic E-state index is -3.63. The van der Waals surface area contributed by atoms with Gasteiger partial charge in [-0.3, -0.25) is 0 Å². The SMILES string of the molecule is C=C/C=C(\C(=C/C)CC)S(N)(=O)=O. The summed E-state index contributed by atoms with van der Waals surface area (Å²) in [6, 6.07) is 0. The Labute approximate surface area is 79.7 Å². The molecule has 0 aliphatic carbocycles. The molecule has 4 heteroatoms. The maximum absolute atomic E-state index is 11.1. The highest BCUT2D eigenvalue weighted by Crippen LogP contribution is 2.17. The van der Waals surface area contributed by atoms with Crippen LogP contribution < -0.4 is 5.14 Å². The minimum Gasteiger partial charge on any atom is -0.225 e. The summed E-state index contributed by atoms with van der Waals surface area (Å²) in [4.78, 5) is 0.146. The van der Waals surface area contributed by atoms with Crippen LogP contribution in [0.25, 0.3) is 0 Å². The van der Waals surface area contributed by atoms with E-state index in [1.54, 1.807) is 13.0 Å². The van der Waals surface area contributed by atoms with Crippen molar-refractivity contribution in [2.24, 2.45) is 5.14 Å². The lowest BCUT2D eigenvalue weighted by Crippen LogP contribution is -2.16. The van der Waals surface area contributed by atoms with Crippen LogP contribution in [0.2, 0.25) is 0 Å². The van der Waals surface area contributed by atoms with Gasteiger partial charge in [-0.05, 0) is 25.0 Å². The number of primary sulfonamides is 1. The zero-order valence-corrected chi connectivity index (χ0v) is 8.76. The highest BCUT2D eigenvalue weighted by molar-refractivity contribution is 7.93. The highest BCUT2D eigenvalue weighted by Gasteiger charge is 2.13. The quantitative estimate of drug-likeness (QED) is 0.704. The van der Waals surface area contributed by atoms with Gasteiger partial charge in [0.15, 0.2) is 0 Å². The topological polar surface area (TPSA) is 60.2 Å². The second kappa shape index (κ2) is 4.99. The molecule has 0 aromatic heterocycles. The summed E-state index contributed by atoms with van der Waals surface area (Å²) in [6.07, 6.45) is 5.19. The Hall–Kier alpha value is -0.870. The molecule has 0 spiro atoms. The third-order valence-electron chi connectivity index (χ3n) is 1.62. The molecule has 0 atom stereocenters.